The number of benzene rings is 1. The van der Waals surface area contributed by atoms with Crippen LogP contribution >= 0.6 is 0 Å². The van der Waals surface area contributed by atoms with Gasteiger partial charge < -0.3 is 25.0 Å². The highest BCUT2D eigenvalue weighted by Crippen LogP contribution is 2.28. The fourth-order valence-corrected chi connectivity index (χ4v) is 4.68. The number of ether oxygens (including phenoxy) is 2. The van der Waals surface area contributed by atoms with Crippen LogP contribution in [-0.4, -0.2) is 60.6 Å². The Labute approximate surface area is 247 Å². The zero-order valence-electron chi connectivity index (χ0n) is 26.7. The van der Waals surface area contributed by atoms with Gasteiger partial charge in [-0.1, -0.05) is 76.6 Å². The van der Waals surface area contributed by atoms with E-state index in [-0.39, 0.29) is 18.4 Å². The molecule has 0 aromatic heterocycles. The molecule has 41 heavy (non-hydrogen) atoms. The van der Waals surface area contributed by atoms with Crippen molar-refractivity contribution in [2.24, 2.45) is 5.92 Å². The van der Waals surface area contributed by atoms with Crippen LogP contribution in [0.2, 0.25) is 0 Å². The second kappa shape index (κ2) is 17.7. The maximum absolute atomic E-state index is 14.3. The summed E-state index contributed by atoms with van der Waals surface area (Å²) in [5.74, 6) is -1.35. The van der Waals surface area contributed by atoms with Gasteiger partial charge in [0.15, 0.2) is 0 Å². The van der Waals surface area contributed by atoms with Crippen molar-refractivity contribution < 1.29 is 28.7 Å². The summed E-state index contributed by atoms with van der Waals surface area (Å²) < 4.78 is 10.2. The molecule has 0 heterocycles. The highest BCUT2D eigenvalue weighted by atomic mass is 16.6. The fourth-order valence-electron chi connectivity index (χ4n) is 4.68. The largest absolute Gasteiger partial charge is 0.468 e. The smallest absolute Gasteiger partial charge is 0.408 e. The first-order valence-corrected chi connectivity index (χ1v) is 14.9. The molecule has 2 unspecified atom stereocenters. The van der Waals surface area contributed by atoms with Gasteiger partial charge in [-0.3, -0.25) is 14.4 Å². The Kier molecular flexibility index (Phi) is 15.5. The molecule has 1 rings (SSSR count). The lowest BCUT2D eigenvalue weighted by Crippen LogP contribution is -2.54. The van der Waals surface area contributed by atoms with Crippen molar-refractivity contribution in [3.63, 3.8) is 0 Å². The summed E-state index contributed by atoms with van der Waals surface area (Å²) in [6.07, 6.45) is 5.71. The summed E-state index contributed by atoms with van der Waals surface area (Å²) in [7, 11) is 1.25. The maximum atomic E-state index is 14.3. The number of hydrogen-bond donors (Lipinski definition) is 2. The van der Waals surface area contributed by atoms with E-state index >= 15 is 0 Å². The minimum Gasteiger partial charge on any atom is -0.468 e. The minimum atomic E-state index is -1.00. The van der Waals surface area contributed by atoms with Gasteiger partial charge in [0.25, 0.3) is 0 Å². The molecule has 2 N–H and O–H groups in total. The molecule has 0 saturated carbocycles. The second-order valence-corrected chi connectivity index (χ2v) is 12.2. The lowest BCUT2D eigenvalue weighted by atomic mass is 9.95. The maximum Gasteiger partial charge on any atom is 0.408 e. The van der Waals surface area contributed by atoms with E-state index in [2.05, 4.69) is 17.6 Å². The fraction of sp³-hybridized carbons (Fsp3) is 0.688. The lowest BCUT2D eigenvalue weighted by molar-refractivity contribution is -0.145. The monoisotopic (exact) mass is 575 g/mol. The van der Waals surface area contributed by atoms with Crippen molar-refractivity contribution in [1.82, 2.24) is 15.5 Å². The number of unbranched alkanes of at least 4 members (excludes halogenated alkanes) is 5. The van der Waals surface area contributed by atoms with E-state index in [1.165, 1.54) is 7.11 Å². The third kappa shape index (κ3) is 13.4. The van der Waals surface area contributed by atoms with Gasteiger partial charge in [-0.05, 0) is 64.5 Å². The van der Waals surface area contributed by atoms with Crippen LogP contribution in [0.15, 0.2) is 18.2 Å². The predicted octanol–water partition coefficient (Wildman–Crippen LogP) is 5.76. The zero-order chi connectivity index (χ0) is 31.2. The van der Waals surface area contributed by atoms with Gasteiger partial charge >= 0.3 is 12.1 Å². The molecular weight excluding hydrogens is 522 g/mol. The molecule has 0 saturated heterocycles. The molecule has 1 aromatic rings. The van der Waals surface area contributed by atoms with Crippen LogP contribution in [0, 0.1) is 19.8 Å². The molecule has 2 atom stereocenters. The minimum absolute atomic E-state index is 0.0856. The van der Waals surface area contributed by atoms with Crippen LogP contribution in [-0.2, 0) is 23.9 Å². The number of hydrogen-bond acceptors (Lipinski definition) is 6. The van der Waals surface area contributed by atoms with Crippen LogP contribution in [0.3, 0.4) is 0 Å². The van der Waals surface area contributed by atoms with Crippen LogP contribution in [0.5, 0.6) is 0 Å². The number of aryl methyl sites for hydroxylation is 2. The summed E-state index contributed by atoms with van der Waals surface area (Å²) in [6.45, 7) is 15.3. The van der Waals surface area contributed by atoms with Gasteiger partial charge in [0.2, 0.25) is 11.8 Å². The van der Waals surface area contributed by atoms with E-state index in [0.717, 1.165) is 43.2 Å². The standard InChI is InChI=1S/C32H53N3O6/c1-10-11-12-13-14-15-18-35(30(38)26(19-22(2)3)34-31(39)41-32(6,7)8)28(29(37)33-21-27(36)40-9)25-17-16-23(4)20-24(25)5/h16-17,20,22,26,28H,10-15,18-19,21H2,1-9H3,(H,33,37)(H,34,39). The number of nitrogens with one attached hydrogen (secondary N) is 2. The first-order valence-electron chi connectivity index (χ1n) is 14.9. The van der Waals surface area contributed by atoms with Gasteiger partial charge in [0.05, 0.1) is 7.11 Å². The molecule has 0 radical (unpaired) electrons. The molecule has 0 aliphatic rings. The molecule has 0 fully saturated rings. The lowest BCUT2D eigenvalue weighted by Gasteiger charge is -2.35. The van der Waals surface area contributed by atoms with Gasteiger partial charge in [-0.2, -0.15) is 0 Å². The Bertz CT molecular complexity index is 1000. The molecule has 1 aromatic carbocycles. The van der Waals surface area contributed by atoms with Gasteiger partial charge in [0, 0.05) is 6.54 Å². The molecule has 3 amide bonds. The Hall–Kier alpha value is -3.10. The quantitative estimate of drug-likeness (QED) is 0.191. The number of carbonyl (C=O) groups excluding carboxylic acids is 4. The molecule has 0 bridgehead atoms. The van der Waals surface area contributed by atoms with Crippen LogP contribution < -0.4 is 10.6 Å². The molecular formula is C32H53N3O6. The van der Waals surface area contributed by atoms with Gasteiger partial charge in [-0.25, -0.2) is 4.79 Å². The first kappa shape index (κ1) is 35.9. The number of nitrogens with zero attached hydrogens (tertiary/aromatic N) is 1. The SMILES string of the molecule is CCCCCCCCN(C(=O)C(CC(C)C)NC(=O)OC(C)(C)C)C(C(=O)NCC(=O)OC)c1ccc(C)cc1C. The van der Waals surface area contributed by atoms with Crippen LogP contribution in [0.4, 0.5) is 4.79 Å². The highest BCUT2D eigenvalue weighted by Gasteiger charge is 2.37. The zero-order valence-corrected chi connectivity index (χ0v) is 26.7. The van der Waals surface area contributed by atoms with E-state index in [4.69, 9.17) is 9.47 Å². The molecule has 9 heteroatoms. The summed E-state index contributed by atoms with van der Waals surface area (Å²) in [4.78, 5) is 54.3. The summed E-state index contributed by atoms with van der Waals surface area (Å²) >= 11 is 0. The average Bonchev–Trinajstić information content (AvgIpc) is 2.87. The summed E-state index contributed by atoms with van der Waals surface area (Å²) in [5, 5.41) is 5.43. The van der Waals surface area contributed by atoms with Gasteiger partial charge in [-0.15, -0.1) is 0 Å². The topological polar surface area (TPSA) is 114 Å². The number of alkyl carbamates (subject to hydrolysis) is 1. The molecule has 9 nitrogen and oxygen atoms in total. The van der Waals surface area contributed by atoms with Crippen LogP contribution in [0.1, 0.15) is 109 Å². The summed E-state index contributed by atoms with van der Waals surface area (Å²) in [6, 6.07) is 3.83. The van der Waals surface area contributed by atoms with Crippen LogP contribution in [0.25, 0.3) is 0 Å². The van der Waals surface area contributed by atoms with E-state index in [1.54, 1.807) is 25.7 Å². The average molecular weight is 576 g/mol. The number of esters is 1. The molecule has 0 aliphatic carbocycles. The molecule has 0 aliphatic heterocycles. The Morgan fingerprint density at radius 1 is 0.976 bits per heavy atom. The third-order valence-electron chi connectivity index (χ3n) is 6.65. The van der Waals surface area contributed by atoms with Crippen molar-refractivity contribution in [1.29, 1.82) is 0 Å². The number of methoxy groups -OCH3 is 1. The van der Waals surface area contributed by atoms with Crippen molar-refractivity contribution in [2.45, 2.75) is 118 Å². The Morgan fingerprint density at radius 2 is 1.61 bits per heavy atom. The Morgan fingerprint density at radius 3 is 2.17 bits per heavy atom. The normalized spacial score (nSPS) is 12.8. The number of carbonyl (C=O) groups is 4. The molecule has 0 spiro atoms. The van der Waals surface area contributed by atoms with Gasteiger partial charge in [0.1, 0.15) is 24.2 Å². The summed E-state index contributed by atoms with van der Waals surface area (Å²) in [5.41, 5.74) is 1.81. The van der Waals surface area contributed by atoms with Crippen molar-refractivity contribution in [2.75, 3.05) is 20.2 Å². The van der Waals surface area contributed by atoms with Crippen molar-refractivity contribution in [3.05, 3.63) is 34.9 Å². The first-order chi connectivity index (χ1) is 19.2. The van der Waals surface area contributed by atoms with Crippen molar-refractivity contribution in [3.8, 4) is 0 Å². The van der Waals surface area contributed by atoms with E-state index in [0.29, 0.717) is 24.9 Å². The predicted molar refractivity (Wildman–Crippen MR) is 161 cm³/mol. The highest BCUT2D eigenvalue weighted by molar-refractivity contribution is 5.93. The third-order valence-corrected chi connectivity index (χ3v) is 6.65. The number of amides is 3. The van der Waals surface area contributed by atoms with E-state index in [1.807, 2.05) is 45.9 Å². The Balaban J connectivity index is 3.52. The van der Waals surface area contributed by atoms with Crippen molar-refractivity contribution >= 4 is 23.9 Å². The van der Waals surface area contributed by atoms with E-state index < -0.39 is 35.7 Å². The second-order valence-electron chi connectivity index (χ2n) is 12.2. The van der Waals surface area contributed by atoms with E-state index in [9.17, 15) is 19.2 Å². The number of rotatable bonds is 16. The molecule has 232 valence electrons.